The van der Waals surface area contributed by atoms with E-state index in [0.29, 0.717) is 0 Å². The monoisotopic (exact) mass is 298 g/mol. The van der Waals surface area contributed by atoms with E-state index in [1.54, 1.807) is 0 Å². The maximum Gasteiger partial charge on any atom is 0.188 e. The summed E-state index contributed by atoms with van der Waals surface area (Å²) in [5.41, 5.74) is 6.92. The van der Waals surface area contributed by atoms with Crippen molar-refractivity contribution in [3.63, 3.8) is 0 Å². The first-order chi connectivity index (χ1) is 7.66. The molecule has 0 aliphatic heterocycles. The number of rotatable bonds is 3. The number of aromatic amines is 1. The van der Waals surface area contributed by atoms with Crippen LogP contribution in [-0.4, -0.2) is 15.2 Å². The summed E-state index contributed by atoms with van der Waals surface area (Å²) >= 11 is 5.05. The van der Waals surface area contributed by atoms with Gasteiger partial charge in [-0.3, -0.25) is 5.10 Å². The molecule has 0 saturated carbocycles. The minimum absolute atomic E-state index is 0.0422. The summed E-state index contributed by atoms with van der Waals surface area (Å²) in [6, 6.07) is 6.12. The number of hydrogen-bond acceptors (Lipinski definition) is 4. The predicted octanol–water partition coefficient (Wildman–Crippen LogP) is 2.74. The lowest BCUT2D eigenvalue weighted by atomic mass is 10.1. The zero-order valence-electron chi connectivity index (χ0n) is 8.64. The third kappa shape index (κ3) is 2.63. The van der Waals surface area contributed by atoms with Gasteiger partial charge in [-0.25, -0.2) is 4.98 Å². The molecule has 0 spiro atoms. The first-order valence-corrected chi connectivity index (χ1v) is 6.36. The van der Waals surface area contributed by atoms with Crippen molar-refractivity contribution in [1.29, 1.82) is 0 Å². The van der Waals surface area contributed by atoms with Gasteiger partial charge in [-0.15, -0.1) is 0 Å². The second-order valence-electron chi connectivity index (χ2n) is 3.37. The summed E-state index contributed by atoms with van der Waals surface area (Å²) in [4.78, 5) is 5.15. The van der Waals surface area contributed by atoms with Gasteiger partial charge in [0.1, 0.15) is 6.33 Å². The van der Waals surface area contributed by atoms with Crippen LogP contribution in [0.5, 0.6) is 0 Å². The first kappa shape index (κ1) is 11.6. The molecule has 16 heavy (non-hydrogen) atoms. The molecule has 2 rings (SSSR count). The molecule has 1 heterocycles. The minimum atomic E-state index is 0.0422. The van der Waals surface area contributed by atoms with Crippen LogP contribution >= 0.6 is 27.7 Å². The molecule has 0 aliphatic rings. The minimum Gasteiger partial charge on any atom is -0.324 e. The smallest absolute Gasteiger partial charge is 0.188 e. The molecular formula is C10H11BrN4S. The second kappa shape index (κ2) is 4.99. The standard InChI is InChI=1S/C10H11BrN4S/c1-6(12)7-2-3-9(8(11)4-7)16-10-13-5-14-15-10/h2-6H,12H2,1H3,(H,13,14,15)/t6-/m1/s1. The van der Waals surface area contributed by atoms with Crippen molar-refractivity contribution >= 4 is 27.7 Å². The molecule has 0 saturated heterocycles. The van der Waals surface area contributed by atoms with Gasteiger partial charge in [0.05, 0.1) is 0 Å². The Kier molecular flexibility index (Phi) is 3.63. The average molecular weight is 299 g/mol. The van der Waals surface area contributed by atoms with Gasteiger partial charge < -0.3 is 5.73 Å². The van der Waals surface area contributed by atoms with Gasteiger partial charge in [0.25, 0.3) is 0 Å². The molecule has 3 N–H and O–H groups in total. The molecule has 0 radical (unpaired) electrons. The highest BCUT2D eigenvalue weighted by atomic mass is 79.9. The third-order valence-electron chi connectivity index (χ3n) is 2.08. The number of hydrogen-bond donors (Lipinski definition) is 2. The molecule has 4 nitrogen and oxygen atoms in total. The number of H-pyrrole nitrogens is 1. The fourth-order valence-corrected chi connectivity index (χ4v) is 2.57. The molecule has 0 amide bonds. The van der Waals surface area contributed by atoms with Gasteiger partial charge in [0, 0.05) is 15.4 Å². The van der Waals surface area contributed by atoms with Crippen LogP contribution in [0.25, 0.3) is 0 Å². The third-order valence-corrected chi connectivity index (χ3v) is 3.97. The first-order valence-electron chi connectivity index (χ1n) is 4.75. The molecule has 6 heteroatoms. The van der Waals surface area contributed by atoms with Crippen LogP contribution in [0.3, 0.4) is 0 Å². The average Bonchev–Trinajstić information content (AvgIpc) is 2.73. The van der Waals surface area contributed by atoms with E-state index in [1.165, 1.54) is 18.1 Å². The Balaban J connectivity index is 2.23. The van der Waals surface area contributed by atoms with E-state index in [4.69, 9.17) is 5.73 Å². The zero-order valence-corrected chi connectivity index (χ0v) is 11.0. The Hall–Kier alpha value is -0.850. The van der Waals surface area contributed by atoms with Crippen LogP contribution in [0.1, 0.15) is 18.5 Å². The van der Waals surface area contributed by atoms with Crippen LogP contribution in [-0.2, 0) is 0 Å². The van der Waals surface area contributed by atoms with E-state index in [1.807, 2.05) is 25.1 Å². The highest BCUT2D eigenvalue weighted by molar-refractivity contribution is 9.10. The summed E-state index contributed by atoms with van der Waals surface area (Å²) in [7, 11) is 0. The Bertz CT molecular complexity index is 470. The van der Waals surface area contributed by atoms with Crippen LogP contribution in [0.15, 0.2) is 39.1 Å². The van der Waals surface area contributed by atoms with E-state index in [2.05, 4.69) is 31.1 Å². The highest BCUT2D eigenvalue weighted by Gasteiger charge is 2.07. The van der Waals surface area contributed by atoms with Crippen LogP contribution in [0.4, 0.5) is 0 Å². The summed E-state index contributed by atoms with van der Waals surface area (Å²) in [5.74, 6) is 0. The van der Waals surface area contributed by atoms with E-state index in [0.717, 1.165) is 20.1 Å². The number of aromatic nitrogens is 3. The van der Waals surface area contributed by atoms with Crippen LogP contribution in [0, 0.1) is 0 Å². The maximum atomic E-state index is 5.81. The van der Waals surface area contributed by atoms with Crippen molar-refractivity contribution in [2.45, 2.75) is 23.0 Å². The molecule has 0 bridgehead atoms. The lowest BCUT2D eigenvalue weighted by Crippen LogP contribution is -2.04. The Morgan fingerprint density at radius 1 is 1.50 bits per heavy atom. The largest absolute Gasteiger partial charge is 0.324 e. The fraction of sp³-hybridized carbons (Fsp3) is 0.200. The Morgan fingerprint density at radius 2 is 2.31 bits per heavy atom. The summed E-state index contributed by atoms with van der Waals surface area (Å²) in [6.07, 6.45) is 1.49. The topological polar surface area (TPSA) is 67.6 Å². The summed E-state index contributed by atoms with van der Waals surface area (Å²) < 4.78 is 1.02. The van der Waals surface area contributed by atoms with Gasteiger partial charge >= 0.3 is 0 Å². The molecule has 0 unspecified atom stereocenters. The second-order valence-corrected chi connectivity index (χ2v) is 5.26. The van der Waals surface area contributed by atoms with Gasteiger partial charge in [-0.05, 0) is 52.3 Å². The van der Waals surface area contributed by atoms with Crippen LogP contribution < -0.4 is 5.73 Å². The molecular weight excluding hydrogens is 288 g/mol. The maximum absolute atomic E-state index is 5.81. The van der Waals surface area contributed by atoms with E-state index < -0.39 is 0 Å². The molecule has 2 aromatic rings. The number of nitrogens with zero attached hydrogens (tertiary/aromatic N) is 2. The molecule has 0 aliphatic carbocycles. The number of nitrogens with two attached hydrogens (primary N) is 1. The van der Waals surface area contributed by atoms with Gasteiger partial charge in [0.2, 0.25) is 0 Å². The molecule has 84 valence electrons. The van der Waals surface area contributed by atoms with Gasteiger partial charge in [-0.1, -0.05) is 6.07 Å². The molecule has 0 fully saturated rings. The number of halogens is 1. The molecule has 1 aromatic heterocycles. The van der Waals surface area contributed by atoms with E-state index >= 15 is 0 Å². The van der Waals surface area contributed by atoms with Crippen molar-refractivity contribution in [1.82, 2.24) is 15.2 Å². The SMILES string of the molecule is C[C@@H](N)c1ccc(Sc2ncn[nH]2)c(Br)c1. The normalized spacial score (nSPS) is 12.7. The van der Waals surface area contributed by atoms with Crippen molar-refractivity contribution in [2.24, 2.45) is 5.73 Å². The van der Waals surface area contributed by atoms with Crippen molar-refractivity contribution in [2.75, 3.05) is 0 Å². The number of benzene rings is 1. The van der Waals surface area contributed by atoms with Crippen molar-refractivity contribution in [3.05, 3.63) is 34.6 Å². The highest BCUT2D eigenvalue weighted by Crippen LogP contribution is 2.32. The van der Waals surface area contributed by atoms with Gasteiger partial charge in [-0.2, -0.15) is 5.10 Å². The molecule has 1 atom stereocenters. The summed E-state index contributed by atoms with van der Waals surface area (Å²) in [5, 5.41) is 7.38. The predicted molar refractivity (Wildman–Crippen MR) is 67.3 cm³/mol. The Labute approximate surface area is 106 Å². The van der Waals surface area contributed by atoms with Crippen LogP contribution in [0.2, 0.25) is 0 Å². The number of nitrogens with one attached hydrogen (secondary N) is 1. The van der Waals surface area contributed by atoms with E-state index in [9.17, 15) is 0 Å². The fourth-order valence-electron chi connectivity index (χ4n) is 1.23. The zero-order chi connectivity index (χ0) is 11.5. The van der Waals surface area contributed by atoms with E-state index in [-0.39, 0.29) is 6.04 Å². The van der Waals surface area contributed by atoms with Gasteiger partial charge in [0.15, 0.2) is 5.16 Å². The lowest BCUT2D eigenvalue weighted by Gasteiger charge is -2.08. The van der Waals surface area contributed by atoms with Crippen molar-refractivity contribution < 1.29 is 0 Å². The Morgan fingerprint density at radius 3 is 2.88 bits per heavy atom. The summed E-state index contributed by atoms with van der Waals surface area (Å²) in [6.45, 7) is 1.96. The van der Waals surface area contributed by atoms with Crippen molar-refractivity contribution in [3.8, 4) is 0 Å². The lowest BCUT2D eigenvalue weighted by molar-refractivity contribution is 0.815. The molecule has 1 aromatic carbocycles. The quantitative estimate of drug-likeness (QED) is 0.914.